The molecule has 0 radical (unpaired) electrons. The number of hydrogen-bond donors (Lipinski definition) is 2. The summed E-state index contributed by atoms with van der Waals surface area (Å²) in [4.78, 5) is -0.0241. The molecule has 0 saturated heterocycles. The van der Waals surface area contributed by atoms with Crippen LogP contribution in [0.15, 0.2) is 23.1 Å². The number of aliphatic hydroxyl groups is 2. The van der Waals surface area contributed by atoms with Crippen molar-refractivity contribution >= 4 is 21.6 Å². The van der Waals surface area contributed by atoms with Crippen LogP contribution in [0.25, 0.3) is 0 Å². The number of nitrogens with zero attached hydrogens (tertiary/aromatic N) is 1. The van der Waals surface area contributed by atoms with Gasteiger partial charge in [0, 0.05) is 18.7 Å². The molecular weight excluding hydrogens is 302 g/mol. The first kappa shape index (κ1) is 17.0. The summed E-state index contributed by atoms with van der Waals surface area (Å²) >= 11 is 6.00. The number of benzene rings is 1. The number of sulfonamides is 1. The predicted octanol–water partition coefficient (Wildman–Crippen LogP) is 0.687. The summed E-state index contributed by atoms with van der Waals surface area (Å²) < 4.78 is 25.9. The zero-order valence-corrected chi connectivity index (χ0v) is 12.6. The Hall–Kier alpha value is -1.10. The van der Waals surface area contributed by atoms with Gasteiger partial charge in [-0.15, -0.1) is 0 Å². The van der Waals surface area contributed by atoms with E-state index in [1.54, 1.807) is 6.92 Å². The van der Waals surface area contributed by atoms with Crippen molar-refractivity contribution in [1.82, 2.24) is 4.31 Å². The van der Waals surface area contributed by atoms with E-state index in [0.29, 0.717) is 5.56 Å². The molecule has 20 heavy (non-hydrogen) atoms. The molecule has 0 aliphatic carbocycles. The van der Waals surface area contributed by atoms with Crippen LogP contribution in [0.5, 0.6) is 0 Å². The van der Waals surface area contributed by atoms with Crippen LogP contribution in [-0.4, -0.2) is 49.2 Å². The van der Waals surface area contributed by atoms with Crippen molar-refractivity contribution in [3.05, 3.63) is 28.8 Å². The van der Waals surface area contributed by atoms with E-state index in [0.717, 1.165) is 4.31 Å². The molecule has 2 N–H and O–H groups in total. The van der Waals surface area contributed by atoms with Crippen LogP contribution in [0.2, 0.25) is 5.02 Å². The first-order valence-electron chi connectivity index (χ1n) is 5.97. The van der Waals surface area contributed by atoms with Crippen LogP contribution in [0.1, 0.15) is 12.5 Å². The van der Waals surface area contributed by atoms with Gasteiger partial charge in [0.2, 0.25) is 10.0 Å². The Morgan fingerprint density at radius 2 is 2.05 bits per heavy atom. The summed E-state index contributed by atoms with van der Waals surface area (Å²) in [6.45, 7) is 1.40. The van der Waals surface area contributed by atoms with Crippen molar-refractivity contribution in [2.24, 2.45) is 0 Å². The van der Waals surface area contributed by atoms with Gasteiger partial charge in [-0.25, -0.2) is 8.42 Å². The van der Waals surface area contributed by atoms with Crippen LogP contribution in [0.3, 0.4) is 0 Å². The molecule has 1 rings (SSSR count). The lowest BCUT2D eigenvalue weighted by Gasteiger charge is -2.20. The topological polar surface area (TPSA) is 77.8 Å². The molecule has 110 valence electrons. The van der Waals surface area contributed by atoms with Gasteiger partial charge in [0.25, 0.3) is 0 Å². The zero-order chi connectivity index (χ0) is 15.2. The third-order valence-corrected chi connectivity index (χ3v) is 5.02. The maximum absolute atomic E-state index is 12.4. The smallest absolute Gasteiger partial charge is 0.244 e. The highest BCUT2D eigenvalue weighted by molar-refractivity contribution is 7.89. The second-order valence-electron chi connectivity index (χ2n) is 3.83. The molecule has 0 saturated carbocycles. The van der Waals surface area contributed by atoms with E-state index < -0.39 is 10.0 Å². The Morgan fingerprint density at radius 1 is 1.35 bits per heavy atom. The second-order valence-corrected chi connectivity index (χ2v) is 6.14. The van der Waals surface area contributed by atoms with E-state index in [1.165, 1.54) is 18.2 Å². The Balaban J connectivity index is 3.19. The van der Waals surface area contributed by atoms with Gasteiger partial charge >= 0.3 is 0 Å². The van der Waals surface area contributed by atoms with Crippen molar-refractivity contribution in [2.45, 2.75) is 11.8 Å². The van der Waals surface area contributed by atoms with Crippen molar-refractivity contribution in [2.75, 3.05) is 26.3 Å². The molecular formula is C13H16ClNO4S. The van der Waals surface area contributed by atoms with Gasteiger partial charge in [0.05, 0.1) is 11.6 Å². The van der Waals surface area contributed by atoms with E-state index >= 15 is 0 Å². The van der Waals surface area contributed by atoms with Gasteiger partial charge in [-0.1, -0.05) is 30.4 Å². The SMILES string of the molecule is CCN(CCO)S(=O)(=O)c1ccc(C#CCO)cc1Cl. The second kappa shape index (κ2) is 7.62. The number of rotatable bonds is 5. The van der Waals surface area contributed by atoms with Crippen LogP contribution >= 0.6 is 11.6 Å². The summed E-state index contributed by atoms with van der Waals surface area (Å²) in [6, 6.07) is 4.33. The molecule has 0 heterocycles. The first-order chi connectivity index (χ1) is 9.47. The third kappa shape index (κ3) is 3.95. The summed E-state index contributed by atoms with van der Waals surface area (Å²) in [5, 5.41) is 17.6. The summed E-state index contributed by atoms with van der Waals surface area (Å²) in [5.74, 6) is 5.11. The predicted molar refractivity (Wildman–Crippen MR) is 76.9 cm³/mol. The lowest BCUT2D eigenvalue weighted by Crippen LogP contribution is -2.33. The van der Waals surface area contributed by atoms with Crippen molar-refractivity contribution in [3.8, 4) is 11.8 Å². The molecule has 5 nitrogen and oxygen atoms in total. The van der Waals surface area contributed by atoms with Crippen molar-refractivity contribution < 1.29 is 18.6 Å². The minimum Gasteiger partial charge on any atom is -0.395 e. The van der Waals surface area contributed by atoms with Gasteiger partial charge in [-0.05, 0) is 18.2 Å². The molecule has 0 spiro atoms. The standard InChI is InChI=1S/C13H16ClNO4S/c1-2-15(7-9-17)20(18,19)13-6-5-11(4-3-8-16)10-12(13)14/h5-6,10,16-17H,2,7-9H2,1H3. The fraction of sp³-hybridized carbons (Fsp3) is 0.385. The molecule has 1 aromatic carbocycles. The Morgan fingerprint density at radius 3 is 2.55 bits per heavy atom. The van der Waals surface area contributed by atoms with E-state index in [9.17, 15) is 8.42 Å². The average Bonchev–Trinajstić information content (AvgIpc) is 2.42. The molecule has 0 aliphatic rings. The van der Waals surface area contributed by atoms with Crippen molar-refractivity contribution in [3.63, 3.8) is 0 Å². The summed E-state index contributed by atoms with van der Waals surface area (Å²) in [6.07, 6.45) is 0. The van der Waals surface area contributed by atoms with E-state index in [4.69, 9.17) is 21.8 Å². The third-order valence-electron chi connectivity index (χ3n) is 2.56. The van der Waals surface area contributed by atoms with E-state index in [-0.39, 0.29) is 36.2 Å². The Kier molecular flexibility index (Phi) is 6.46. The minimum absolute atomic E-state index is 0.0151. The largest absolute Gasteiger partial charge is 0.395 e. The molecule has 0 bridgehead atoms. The number of aliphatic hydroxyl groups excluding tert-OH is 2. The molecule has 0 aliphatic heterocycles. The van der Waals surface area contributed by atoms with Gasteiger partial charge in [0.1, 0.15) is 11.5 Å². The molecule has 0 unspecified atom stereocenters. The lowest BCUT2D eigenvalue weighted by atomic mass is 10.2. The molecule has 1 aromatic rings. The monoisotopic (exact) mass is 317 g/mol. The summed E-state index contributed by atoms with van der Waals surface area (Å²) in [5.41, 5.74) is 0.521. The average molecular weight is 318 g/mol. The number of likely N-dealkylation sites (N-methyl/N-ethyl adjacent to an activating group) is 1. The fourth-order valence-corrected chi connectivity index (χ4v) is 3.59. The fourth-order valence-electron chi connectivity index (χ4n) is 1.63. The Bertz CT molecular complexity index is 619. The maximum Gasteiger partial charge on any atom is 0.244 e. The Labute approximate surface area is 123 Å². The van der Waals surface area contributed by atoms with Gasteiger partial charge in [-0.2, -0.15) is 4.31 Å². The quantitative estimate of drug-likeness (QED) is 0.783. The summed E-state index contributed by atoms with van der Waals surface area (Å²) in [7, 11) is -3.74. The van der Waals surface area contributed by atoms with Crippen LogP contribution in [0, 0.1) is 11.8 Å². The normalized spacial score (nSPS) is 11.2. The highest BCUT2D eigenvalue weighted by Gasteiger charge is 2.25. The molecule has 7 heteroatoms. The minimum atomic E-state index is -3.74. The van der Waals surface area contributed by atoms with Crippen LogP contribution in [0.4, 0.5) is 0 Å². The van der Waals surface area contributed by atoms with Crippen LogP contribution < -0.4 is 0 Å². The number of hydrogen-bond acceptors (Lipinski definition) is 4. The molecule has 0 amide bonds. The lowest BCUT2D eigenvalue weighted by molar-refractivity contribution is 0.257. The zero-order valence-electron chi connectivity index (χ0n) is 11.0. The van der Waals surface area contributed by atoms with E-state index in [1.807, 2.05) is 0 Å². The highest BCUT2D eigenvalue weighted by Crippen LogP contribution is 2.25. The van der Waals surface area contributed by atoms with Crippen molar-refractivity contribution in [1.29, 1.82) is 0 Å². The highest BCUT2D eigenvalue weighted by atomic mass is 35.5. The van der Waals surface area contributed by atoms with Gasteiger partial charge in [0.15, 0.2) is 0 Å². The number of halogens is 1. The van der Waals surface area contributed by atoms with Crippen LogP contribution in [-0.2, 0) is 10.0 Å². The molecule has 0 aromatic heterocycles. The van der Waals surface area contributed by atoms with Gasteiger partial charge < -0.3 is 10.2 Å². The maximum atomic E-state index is 12.4. The molecule has 0 fully saturated rings. The first-order valence-corrected chi connectivity index (χ1v) is 7.79. The molecule has 0 atom stereocenters. The van der Waals surface area contributed by atoms with E-state index in [2.05, 4.69) is 11.8 Å². The van der Waals surface area contributed by atoms with Gasteiger partial charge in [-0.3, -0.25) is 0 Å².